The van der Waals surface area contributed by atoms with Crippen molar-refractivity contribution in [3.63, 3.8) is 0 Å². The number of carbonyl (C=O) groups excluding carboxylic acids is 2. The molecule has 0 aliphatic carbocycles. The van der Waals surface area contributed by atoms with Gasteiger partial charge in [0.25, 0.3) is 11.6 Å². The maximum atomic E-state index is 12.8. The predicted octanol–water partition coefficient (Wildman–Crippen LogP) is 4.13. The first-order valence-corrected chi connectivity index (χ1v) is 11.0. The molecule has 0 aliphatic rings. The summed E-state index contributed by atoms with van der Waals surface area (Å²) in [4.78, 5) is 38.9. The number of rotatable bonds is 9. The molecule has 0 unspecified atom stereocenters. The van der Waals surface area contributed by atoms with E-state index in [0.717, 1.165) is 20.6 Å². The molecule has 2 aromatic carbocycles. The van der Waals surface area contributed by atoms with Crippen LogP contribution < -0.4 is 14.8 Å². The van der Waals surface area contributed by atoms with Gasteiger partial charge in [0.2, 0.25) is 0 Å². The summed E-state index contributed by atoms with van der Waals surface area (Å²) >= 11 is 2.89. The van der Waals surface area contributed by atoms with Crippen LogP contribution >= 0.6 is 23.1 Å². The van der Waals surface area contributed by atoms with E-state index in [1.54, 1.807) is 18.2 Å². The average molecular weight is 478 g/mol. The van der Waals surface area contributed by atoms with Gasteiger partial charge in [-0.15, -0.1) is 11.3 Å². The molecule has 0 saturated carbocycles. The van der Waals surface area contributed by atoms with E-state index in [1.807, 2.05) is 0 Å². The number of thioether (sulfide) groups is 1. The highest BCUT2D eigenvalue weighted by atomic mass is 32.2. The Morgan fingerprint density at radius 1 is 1.19 bits per heavy atom. The van der Waals surface area contributed by atoms with Gasteiger partial charge >= 0.3 is 5.97 Å². The summed E-state index contributed by atoms with van der Waals surface area (Å²) in [6, 6.07) is 7.59. The van der Waals surface area contributed by atoms with Crippen LogP contribution in [-0.2, 0) is 9.53 Å². The molecule has 1 aromatic heterocycles. The van der Waals surface area contributed by atoms with E-state index in [2.05, 4.69) is 10.3 Å². The first-order chi connectivity index (χ1) is 15.3. The third-order valence-electron chi connectivity index (χ3n) is 4.18. The number of thiazole rings is 1. The monoisotopic (exact) mass is 477 g/mol. The zero-order valence-electron chi connectivity index (χ0n) is 17.4. The Morgan fingerprint density at radius 3 is 2.56 bits per heavy atom. The summed E-state index contributed by atoms with van der Waals surface area (Å²) in [5, 5.41) is 14.1. The number of hydrogen-bond acceptors (Lipinski definition) is 10. The Balaban J connectivity index is 1.79. The summed E-state index contributed by atoms with van der Waals surface area (Å²) in [7, 11) is 2.74. The highest BCUT2D eigenvalue weighted by Crippen LogP contribution is 2.35. The molecule has 12 heteroatoms. The number of esters is 1. The molecular formula is C20H19N3O7S2. The number of amides is 1. The van der Waals surface area contributed by atoms with E-state index >= 15 is 0 Å². The van der Waals surface area contributed by atoms with Gasteiger partial charge in [-0.05, 0) is 18.2 Å². The van der Waals surface area contributed by atoms with Crippen molar-refractivity contribution in [1.82, 2.24) is 4.98 Å². The zero-order valence-corrected chi connectivity index (χ0v) is 19.0. The minimum Gasteiger partial charge on any atom is -0.493 e. The molecular weight excluding hydrogens is 458 g/mol. The third-order valence-corrected chi connectivity index (χ3v) is 6.31. The van der Waals surface area contributed by atoms with Crippen LogP contribution in [0.25, 0.3) is 10.2 Å². The number of nitrogens with zero attached hydrogens (tertiary/aromatic N) is 2. The summed E-state index contributed by atoms with van der Waals surface area (Å²) in [5.74, 6) is -0.0500. The molecule has 3 aromatic rings. The molecule has 0 aliphatic heterocycles. The number of ether oxygens (including phenoxy) is 3. The lowest BCUT2D eigenvalue weighted by Gasteiger charge is -2.11. The van der Waals surface area contributed by atoms with Crippen LogP contribution in [0.2, 0.25) is 0 Å². The lowest BCUT2D eigenvalue weighted by molar-refractivity contribution is -0.385. The van der Waals surface area contributed by atoms with E-state index in [4.69, 9.17) is 14.2 Å². The Bertz CT molecular complexity index is 1180. The smallest absolute Gasteiger partial charge is 0.302 e. The van der Waals surface area contributed by atoms with Crippen LogP contribution in [0.15, 0.2) is 34.7 Å². The second-order valence-corrected chi connectivity index (χ2v) is 8.66. The minimum atomic E-state index is -0.655. The standard InChI is InChI=1S/C20H19N3O7S2/c1-11(24)30-6-7-31-20-22-14-5-4-12(8-18(14)32-20)21-19(25)13-9-16(28-2)17(29-3)10-15(13)23(26)27/h4-5,8-10H,6-7H2,1-3H3,(H,21,25). The van der Waals surface area contributed by atoms with Gasteiger partial charge < -0.3 is 19.5 Å². The molecule has 32 heavy (non-hydrogen) atoms. The minimum absolute atomic E-state index is 0.153. The zero-order chi connectivity index (χ0) is 23.3. The fourth-order valence-corrected chi connectivity index (χ4v) is 4.75. The van der Waals surface area contributed by atoms with Gasteiger partial charge in [0.15, 0.2) is 15.8 Å². The van der Waals surface area contributed by atoms with Crippen molar-refractivity contribution in [3.05, 3.63) is 46.0 Å². The number of fused-ring (bicyclic) bond motifs is 1. The maximum Gasteiger partial charge on any atom is 0.302 e. The van der Waals surface area contributed by atoms with Crippen LogP contribution in [0.1, 0.15) is 17.3 Å². The van der Waals surface area contributed by atoms with Crippen molar-refractivity contribution < 1.29 is 28.7 Å². The number of carbonyl (C=O) groups is 2. The normalized spacial score (nSPS) is 10.6. The fraction of sp³-hybridized carbons (Fsp3) is 0.250. The number of aromatic nitrogens is 1. The molecule has 1 N–H and O–H groups in total. The van der Waals surface area contributed by atoms with Gasteiger partial charge in [-0.25, -0.2) is 4.98 Å². The van der Waals surface area contributed by atoms with Crippen LogP contribution in [0.4, 0.5) is 11.4 Å². The van der Waals surface area contributed by atoms with Crippen LogP contribution in [0, 0.1) is 10.1 Å². The van der Waals surface area contributed by atoms with E-state index in [0.29, 0.717) is 18.0 Å². The highest BCUT2D eigenvalue weighted by molar-refractivity contribution is 8.01. The number of nitrogens with one attached hydrogen (secondary N) is 1. The Kier molecular flexibility index (Phi) is 7.49. The number of benzene rings is 2. The van der Waals surface area contributed by atoms with Crippen molar-refractivity contribution in [2.45, 2.75) is 11.3 Å². The van der Waals surface area contributed by atoms with Crippen molar-refractivity contribution in [2.75, 3.05) is 31.9 Å². The average Bonchev–Trinajstić information content (AvgIpc) is 3.17. The number of anilines is 1. The quantitative estimate of drug-likeness (QED) is 0.159. The molecule has 0 atom stereocenters. The maximum absolute atomic E-state index is 12.8. The van der Waals surface area contributed by atoms with Gasteiger partial charge in [-0.2, -0.15) is 0 Å². The molecule has 0 fully saturated rings. The summed E-state index contributed by atoms with van der Waals surface area (Å²) in [5.41, 5.74) is 0.663. The number of nitro benzene ring substituents is 1. The van der Waals surface area contributed by atoms with E-state index in [-0.39, 0.29) is 23.0 Å². The van der Waals surface area contributed by atoms with E-state index in [1.165, 1.54) is 50.3 Å². The van der Waals surface area contributed by atoms with Crippen LogP contribution in [-0.4, -0.2) is 48.4 Å². The Morgan fingerprint density at radius 2 is 1.91 bits per heavy atom. The molecule has 1 heterocycles. The molecule has 3 rings (SSSR count). The predicted molar refractivity (Wildman–Crippen MR) is 121 cm³/mol. The molecule has 0 bridgehead atoms. The molecule has 10 nitrogen and oxygen atoms in total. The van der Waals surface area contributed by atoms with E-state index in [9.17, 15) is 19.7 Å². The lowest BCUT2D eigenvalue weighted by Crippen LogP contribution is -2.14. The van der Waals surface area contributed by atoms with Crippen molar-refractivity contribution in [2.24, 2.45) is 0 Å². The lowest BCUT2D eigenvalue weighted by atomic mass is 10.1. The Hall–Kier alpha value is -3.38. The number of methoxy groups -OCH3 is 2. The van der Waals surface area contributed by atoms with E-state index < -0.39 is 16.5 Å². The van der Waals surface area contributed by atoms with Gasteiger partial charge in [-0.1, -0.05) is 11.8 Å². The number of hydrogen-bond donors (Lipinski definition) is 1. The second kappa shape index (κ2) is 10.3. The molecule has 0 saturated heterocycles. The van der Waals surface area contributed by atoms with Crippen molar-refractivity contribution in [3.8, 4) is 11.5 Å². The largest absolute Gasteiger partial charge is 0.493 e. The third kappa shape index (κ3) is 5.45. The first kappa shape index (κ1) is 23.3. The molecule has 0 spiro atoms. The van der Waals surface area contributed by atoms with Crippen LogP contribution in [0.5, 0.6) is 11.5 Å². The first-order valence-electron chi connectivity index (χ1n) is 9.21. The summed E-state index contributed by atoms with van der Waals surface area (Å²) < 4.78 is 16.8. The van der Waals surface area contributed by atoms with Crippen molar-refractivity contribution in [1.29, 1.82) is 0 Å². The Labute approximate surface area is 191 Å². The van der Waals surface area contributed by atoms with Crippen LogP contribution in [0.3, 0.4) is 0 Å². The van der Waals surface area contributed by atoms with Gasteiger partial charge in [0.1, 0.15) is 12.2 Å². The topological polar surface area (TPSA) is 130 Å². The molecule has 0 radical (unpaired) electrons. The van der Waals surface area contributed by atoms with Gasteiger partial charge in [0.05, 0.1) is 35.4 Å². The highest BCUT2D eigenvalue weighted by Gasteiger charge is 2.24. The SMILES string of the molecule is COc1cc(C(=O)Nc2ccc3nc(SCCOC(C)=O)sc3c2)c([N+](=O)[O-])cc1OC. The van der Waals surface area contributed by atoms with Gasteiger partial charge in [-0.3, -0.25) is 19.7 Å². The second-order valence-electron chi connectivity index (χ2n) is 6.29. The number of nitro groups is 1. The summed E-state index contributed by atoms with van der Waals surface area (Å²) in [6.07, 6.45) is 0. The van der Waals surface area contributed by atoms with Crippen molar-refractivity contribution >= 4 is 56.6 Å². The fourth-order valence-electron chi connectivity index (χ4n) is 2.76. The summed E-state index contributed by atoms with van der Waals surface area (Å²) in [6.45, 7) is 1.65. The van der Waals surface area contributed by atoms with Gasteiger partial charge in [0, 0.05) is 24.4 Å². The molecule has 1 amide bonds. The molecule has 168 valence electrons.